The number of aryl methyl sites for hydroxylation is 1. The fourth-order valence-corrected chi connectivity index (χ4v) is 2.12. The van der Waals surface area contributed by atoms with E-state index in [9.17, 15) is 9.59 Å². The van der Waals surface area contributed by atoms with Gasteiger partial charge in [-0.05, 0) is 32.1 Å². The highest BCUT2D eigenvalue weighted by molar-refractivity contribution is 7.12. The van der Waals surface area contributed by atoms with Gasteiger partial charge in [0.05, 0.1) is 13.0 Å². The summed E-state index contributed by atoms with van der Waals surface area (Å²) in [5, 5.41) is 8.74. The molecule has 0 spiro atoms. The molecule has 0 aromatic carbocycles. The molecule has 1 heterocycles. The molecule has 0 atom stereocenters. The lowest BCUT2D eigenvalue weighted by molar-refractivity contribution is -0.142. The van der Waals surface area contributed by atoms with E-state index in [0.29, 0.717) is 0 Å². The van der Waals surface area contributed by atoms with Crippen molar-refractivity contribution in [2.24, 2.45) is 0 Å². The van der Waals surface area contributed by atoms with Crippen LogP contribution in [0.3, 0.4) is 0 Å². The number of ether oxygens (including phenoxy) is 1. The maximum atomic E-state index is 11.5. The average molecular weight is 254 g/mol. The second kappa shape index (κ2) is 6.20. The highest BCUT2D eigenvalue weighted by Gasteiger charge is 2.14. The summed E-state index contributed by atoms with van der Waals surface area (Å²) in [6.45, 7) is 3.87. The van der Waals surface area contributed by atoms with Crippen molar-refractivity contribution < 1.29 is 19.4 Å². The molecule has 0 amide bonds. The minimum Gasteiger partial charge on any atom is -0.481 e. The molecular formula is C12H14O4S. The van der Waals surface area contributed by atoms with Crippen LogP contribution < -0.4 is 0 Å². The van der Waals surface area contributed by atoms with Gasteiger partial charge in [-0.2, -0.15) is 0 Å². The number of rotatable bonds is 5. The van der Waals surface area contributed by atoms with Crippen LogP contribution in [0, 0.1) is 6.92 Å². The van der Waals surface area contributed by atoms with Gasteiger partial charge in [0.15, 0.2) is 0 Å². The third-order valence-corrected chi connectivity index (χ3v) is 2.90. The summed E-state index contributed by atoms with van der Waals surface area (Å²) in [7, 11) is 0. The van der Waals surface area contributed by atoms with Crippen LogP contribution in [0.2, 0.25) is 0 Å². The number of carbonyl (C=O) groups excluding carboxylic acids is 1. The molecule has 0 aliphatic heterocycles. The number of carboxylic acids is 1. The molecule has 17 heavy (non-hydrogen) atoms. The maximum Gasteiger partial charge on any atom is 0.334 e. The monoisotopic (exact) mass is 254 g/mol. The SMILES string of the molecule is CCOC(=O)/C(=C/c1ccc(C)s1)CC(=O)O. The Kier molecular flexibility index (Phi) is 4.90. The van der Waals surface area contributed by atoms with Gasteiger partial charge >= 0.3 is 11.9 Å². The molecule has 5 heteroatoms. The summed E-state index contributed by atoms with van der Waals surface area (Å²) in [5.41, 5.74) is 0.168. The van der Waals surface area contributed by atoms with Crippen LogP contribution in [0.1, 0.15) is 23.1 Å². The molecule has 4 nitrogen and oxygen atoms in total. The molecule has 0 bridgehead atoms. The van der Waals surface area contributed by atoms with Crippen LogP contribution >= 0.6 is 11.3 Å². The smallest absolute Gasteiger partial charge is 0.334 e. The lowest BCUT2D eigenvalue weighted by atomic mass is 10.1. The van der Waals surface area contributed by atoms with Gasteiger partial charge in [0.2, 0.25) is 0 Å². The van der Waals surface area contributed by atoms with Gasteiger partial charge in [-0.25, -0.2) is 4.79 Å². The van der Waals surface area contributed by atoms with Crippen LogP contribution in [0.5, 0.6) is 0 Å². The Morgan fingerprint density at radius 1 is 1.47 bits per heavy atom. The summed E-state index contributed by atoms with van der Waals surface area (Å²) in [6.07, 6.45) is 1.25. The van der Waals surface area contributed by atoms with Gasteiger partial charge in [-0.3, -0.25) is 4.79 Å². The van der Waals surface area contributed by atoms with Gasteiger partial charge in [-0.1, -0.05) is 0 Å². The van der Waals surface area contributed by atoms with E-state index < -0.39 is 11.9 Å². The quantitative estimate of drug-likeness (QED) is 0.647. The number of carboxylic acid groups (broad SMARTS) is 1. The van der Waals surface area contributed by atoms with Gasteiger partial charge in [0.1, 0.15) is 0 Å². The van der Waals surface area contributed by atoms with Gasteiger partial charge in [-0.15, -0.1) is 11.3 Å². The van der Waals surface area contributed by atoms with Crippen molar-refractivity contribution in [1.82, 2.24) is 0 Å². The molecule has 1 aromatic heterocycles. The van der Waals surface area contributed by atoms with Gasteiger partial charge in [0, 0.05) is 15.3 Å². The molecular weight excluding hydrogens is 240 g/mol. The van der Waals surface area contributed by atoms with Crippen LogP contribution in [-0.2, 0) is 14.3 Å². The highest BCUT2D eigenvalue weighted by atomic mass is 32.1. The van der Waals surface area contributed by atoms with E-state index in [1.807, 2.05) is 19.1 Å². The Morgan fingerprint density at radius 3 is 2.65 bits per heavy atom. The Morgan fingerprint density at radius 2 is 2.18 bits per heavy atom. The van der Waals surface area contributed by atoms with E-state index in [1.165, 1.54) is 11.3 Å². The second-order valence-corrected chi connectivity index (χ2v) is 4.73. The van der Waals surface area contributed by atoms with Crippen molar-refractivity contribution in [2.75, 3.05) is 6.61 Å². The molecule has 0 radical (unpaired) electrons. The minimum absolute atomic E-state index is 0.168. The molecule has 0 saturated carbocycles. The first-order valence-electron chi connectivity index (χ1n) is 5.19. The summed E-state index contributed by atoms with van der Waals surface area (Å²) in [4.78, 5) is 24.2. The number of hydrogen-bond acceptors (Lipinski definition) is 4. The first-order chi connectivity index (χ1) is 8.02. The third kappa shape index (κ3) is 4.40. The van der Waals surface area contributed by atoms with Crippen molar-refractivity contribution >= 4 is 29.4 Å². The van der Waals surface area contributed by atoms with Crippen molar-refractivity contribution in [3.63, 3.8) is 0 Å². The number of hydrogen-bond donors (Lipinski definition) is 1. The molecule has 0 aliphatic rings. The van der Waals surface area contributed by atoms with Crippen molar-refractivity contribution in [2.45, 2.75) is 20.3 Å². The Hall–Kier alpha value is -1.62. The van der Waals surface area contributed by atoms with E-state index >= 15 is 0 Å². The Balaban J connectivity index is 2.92. The van der Waals surface area contributed by atoms with E-state index in [1.54, 1.807) is 13.0 Å². The number of thiophene rings is 1. The third-order valence-electron chi connectivity index (χ3n) is 1.96. The maximum absolute atomic E-state index is 11.5. The number of carbonyl (C=O) groups is 2. The van der Waals surface area contributed by atoms with Crippen LogP contribution in [0.25, 0.3) is 6.08 Å². The molecule has 1 aromatic rings. The zero-order valence-corrected chi connectivity index (χ0v) is 10.5. The predicted octanol–water partition coefficient (Wildman–Crippen LogP) is 2.48. The number of aliphatic carboxylic acids is 1. The molecule has 1 N–H and O–H groups in total. The first kappa shape index (κ1) is 13.4. The molecule has 0 saturated heterocycles. The zero-order chi connectivity index (χ0) is 12.8. The summed E-state index contributed by atoms with van der Waals surface area (Å²) >= 11 is 1.50. The van der Waals surface area contributed by atoms with Crippen LogP contribution in [0.4, 0.5) is 0 Å². The predicted molar refractivity (Wildman–Crippen MR) is 65.9 cm³/mol. The lowest BCUT2D eigenvalue weighted by Crippen LogP contribution is -2.11. The number of esters is 1. The molecule has 0 fully saturated rings. The molecule has 1 rings (SSSR count). The van der Waals surface area contributed by atoms with Crippen LogP contribution in [-0.4, -0.2) is 23.7 Å². The fourth-order valence-electron chi connectivity index (χ4n) is 1.27. The van der Waals surface area contributed by atoms with Crippen molar-refractivity contribution in [3.05, 3.63) is 27.5 Å². The summed E-state index contributed by atoms with van der Waals surface area (Å²) in [6, 6.07) is 3.76. The standard InChI is InChI=1S/C12H14O4S/c1-3-16-12(15)9(7-11(13)14)6-10-5-4-8(2)17-10/h4-6H,3,7H2,1-2H3,(H,13,14)/b9-6+. The Labute approximate surface area is 104 Å². The molecule has 92 valence electrons. The average Bonchev–Trinajstić information content (AvgIpc) is 2.63. The zero-order valence-electron chi connectivity index (χ0n) is 9.73. The van der Waals surface area contributed by atoms with E-state index in [0.717, 1.165) is 9.75 Å². The summed E-state index contributed by atoms with van der Waals surface area (Å²) < 4.78 is 4.82. The van der Waals surface area contributed by atoms with E-state index in [-0.39, 0.29) is 18.6 Å². The second-order valence-electron chi connectivity index (χ2n) is 3.41. The molecule has 0 aliphatic carbocycles. The highest BCUT2D eigenvalue weighted by Crippen LogP contribution is 2.20. The first-order valence-corrected chi connectivity index (χ1v) is 6.00. The van der Waals surface area contributed by atoms with E-state index in [2.05, 4.69) is 0 Å². The largest absolute Gasteiger partial charge is 0.481 e. The Bertz CT molecular complexity index is 445. The van der Waals surface area contributed by atoms with Crippen molar-refractivity contribution in [1.29, 1.82) is 0 Å². The topological polar surface area (TPSA) is 63.6 Å². The lowest BCUT2D eigenvalue weighted by Gasteiger charge is -2.03. The normalized spacial score (nSPS) is 11.3. The van der Waals surface area contributed by atoms with Crippen LogP contribution in [0.15, 0.2) is 17.7 Å². The minimum atomic E-state index is -1.04. The van der Waals surface area contributed by atoms with Gasteiger partial charge in [0.25, 0.3) is 0 Å². The molecule has 0 unspecified atom stereocenters. The summed E-state index contributed by atoms with van der Waals surface area (Å²) in [5.74, 6) is -1.61. The van der Waals surface area contributed by atoms with Gasteiger partial charge < -0.3 is 9.84 Å². The van der Waals surface area contributed by atoms with Crippen molar-refractivity contribution in [3.8, 4) is 0 Å². The van der Waals surface area contributed by atoms with E-state index in [4.69, 9.17) is 9.84 Å². The fraction of sp³-hybridized carbons (Fsp3) is 0.333.